The van der Waals surface area contributed by atoms with Crippen molar-refractivity contribution >= 4 is 5.82 Å². The molecule has 0 aliphatic heterocycles. The van der Waals surface area contributed by atoms with E-state index in [4.69, 9.17) is 0 Å². The molecule has 0 bridgehead atoms. The quantitative estimate of drug-likeness (QED) is 0.734. The molecule has 0 saturated carbocycles. The Balaban J connectivity index is 2.55. The summed E-state index contributed by atoms with van der Waals surface area (Å²) in [4.78, 5) is 17.6. The average molecular weight is 181 g/mol. The fourth-order valence-corrected chi connectivity index (χ4v) is 0.893. The lowest BCUT2D eigenvalue weighted by Gasteiger charge is -2.08. The molecule has 0 aliphatic carbocycles. The predicted molar refractivity (Wildman–Crippen MR) is 52.8 cm³/mol. The normalized spacial score (nSPS) is 12.5. The number of nitrogens with one attached hydrogen (secondary N) is 2. The van der Waals surface area contributed by atoms with Crippen LogP contribution in [-0.2, 0) is 0 Å². The van der Waals surface area contributed by atoms with Crippen molar-refractivity contribution in [1.82, 2.24) is 9.97 Å². The SMILES string of the molecule is CCC(C)CNc1ncc[nH]c1=O. The van der Waals surface area contributed by atoms with Gasteiger partial charge in [-0.25, -0.2) is 4.98 Å². The standard InChI is InChI=1S/C9H15N3O/c1-3-7(2)6-12-8-9(13)11-5-4-10-8/h4-5,7H,3,6H2,1-2H3,(H,10,12)(H,11,13). The maximum Gasteiger partial charge on any atom is 0.290 e. The van der Waals surface area contributed by atoms with Crippen molar-refractivity contribution in [3.05, 3.63) is 22.7 Å². The van der Waals surface area contributed by atoms with Crippen LogP contribution in [0.4, 0.5) is 5.82 Å². The topological polar surface area (TPSA) is 57.8 Å². The number of hydrogen-bond acceptors (Lipinski definition) is 3. The Hall–Kier alpha value is -1.32. The summed E-state index contributed by atoms with van der Waals surface area (Å²) < 4.78 is 0. The summed E-state index contributed by atoms with van der Waals surface area (Å²) in [6.45, 7) is 5.04. The summed E-state index contributed by atoms with van der Waals surface area (Å²) in [7, 11) is 0. The van der Waals surface area contributed by atoms with Gasteiger partial charge >= 0.3 is 0 Å². The highest BCUT2D eigenvalue weighted by molar-refractivity contribution is 5.29. The number of rotatable bonds is 4. The molecule has 0 aromatic carbocycles. The minimum absolute atomic E-state index is 0.161. The lowest BCUT2D eigenvalue weighted by Crippen LogP contribution is -2.19. The van der Waals surface area contributed by atoms with Gasteiger partial charge in [0.25, 0.3) is 5.56 Å². The van der Waals surface area contributed by atoms with Crippen molar-refractivity contribution in [3.63, 3.8) is 0 Å². The maximum absolute atomic E-state index is 11.1. The zero-order valence-electron chi connectivity index (χ0n) is 8.00. The van der Waals surface area contributed by atoms with Crippen LogP contribution in [-0.4, -0.2) is 16.5 Å². The highest BCUT2D eigenvalue weighted by Crippen LogP contribution is 2.00. The summed E-state index contributed by atoms with van der Waals surface area (Å²) in [5.41, 5.74) is -0.161. The molecule has 2 N–H and O–H groups in total. The van der Waals surface area contributed by atoms with E-state index in [2.05, 4.69) is 29.1 Å². The van der Waals surface area contributed by atoms with Gasteiger partial charge in [-0.05, 0) is 5.92 Å². The van der Waals surface area contributed by atoms with Crippen LogP contribution >= 0.6 is 0 Å². The van der Waals surface area contributed by atoms with Gasteiger partial charge in [0, 0.05) is 18.9 Å². The van der Waals surface area contributed by atoms with Crippen molar-refractivity contribution in [2.75, 3.05) is 11.9 Å². The number of nitrogens with zero attached hydrogens (tertiary/aromatic N) is 1. The van der Waals surface area contributed by atoms with Crippen molar-refractivity contribution in [3.8, 4) is 0 Å². The number of anilines is 1. The van der Waals surface area contributed by atoms with Crippen LogP contribution in [0, 0.1) is 5.92 Å². The predicted octanol–water partition coefficient (Wildman–Crippen LogP) is 1.23. The molecule has 13 heavy (non-hydrogen) atoms. The van der Waals surface area contributed by atoms with E-state index in [1.165, 1.54) is 6.20 Å². The van der Waals surface area contributed by atoms with Crippen molar-refractivity contribution < 1.29 is 0 Å². The Morgan fingerprint density at radius 3 is 3.08 bits per heavy atom. The number of aromatic amines is 1. The van der Waals surface area contributed by atoms with Gasteiger partial charge in [0.05, 0.1) is 0 Å². The van der Waals surface area contributed by atoms with Gasteiger partial charge in [-0.15, -0.1) is 0 Å². The van der Waals surface area contributed by atoms with E-state index in [0.717, 1.165) is 13.0 Å². The largest absolute Gasteiger partial charge is 0.365 e. The summed E-state index contributed by atoms with van der Waals surface area (Å²) in [5, 5.41) is 3.01. The fourth-order valence-electron chi connectivity index (χ4n) is 0.893. The molecule has 0 radical (unpaired) electrons. The molecular weight excluding hydrogens is 166 g/mol. The maximum atomic E-state index is 11.1. The van der Waals surface area contributed by atoms with E-state index in [0.29, 0.717) is 11.7 Å². The van der Waals surface area contributed by atoms with Crippen LogP contribution in [0.25, 0.3) is 0 Å². The number of hydrogen-bond donors (Lipinski definition) is 2. The second kappa shape index (κ2) is 4.64. The Morgan fingerprint density at radius 2 is 2.46 bits per heavy atom. The minimum Gasteiger partial charge on any atom is -0.365 e. The molecule has 0 aliphatic rings. The van der Waals surface area contributed by atoms with Crippen molar-refractivity contribution in [1.29, 1.82) is 0 Å². The second-order valence-electron chi connectivity index (χ2n) is 3.16. The Morgan fingerprint density at radius 1 is 1.69 bits per heavy atom. The molecule has 1 unspecified atom stereocenters. The molecule has 4 heteroatoms. The third-order valence-corrected chi connectivity index (χ3v) is 2.02. The molecule has 1 rings (SSSR count). The zero-order valence-corrected chi connectivity index (χ0v) is 8.00. The third kappa shape index (κ3) is 2.89. The molecule has 1 atom stereocenters. The van der Waals surface area contributed by atoms with E-state index < -0.39 is 0 Å². The molecule has 72 valence electrons. The van der Waals surface area contributed by atoms with Crippen LogP contribution < -0.4 is 10.9 Å². The van der Waals surface area contributed by atoms with Gasteiger partial charge in [-0.2, -0.15) is 0 Å². The van der Waals surface area contributed by atoms with Crippen LogP contribution in [0.15, 0.2) is 17.2 Å². The highest BCUT2D eigenvalue weighted by atomic mass is 16.1. The summed E-state index contributed by atoms with van der Waals surface area (Å²) in [5.74, 6) is 0.962. The van der Waals surface area contributed by atoms with Gasteiger partial charge < -0.3 is 10.3 Å². The van der Waals surface area contributed by atoms with Crippen LogP contribution in [0.1, 0.15) is 20.3 Å². The molecule has 1 heterocycles. The molecule has 4 nitrogen and oxygen atoms in total. The lowest BCUT2D eigenvalue weighted by atomic mass is 10.1. The van der Waals surface area contributed by atoms with Gasteiger partial charge in [0.15, 0.2) is 5.82 Å². The first kappa shape index (κ1) is 9.77. The molecular formula is C9H15N3O. The summed E-state index contributed by atoms with van der Waals surface area (Å²) in [6, 6.07) is 0. The van der Waals surface area contributed by atoms with Crippen molar-refractivity contribution in [2.24, 2.45) is 5.92 Å². The Kier molecular flexibility index (Phi) is 3.49. The Labute approximate surface area is 77.4 Å². The van der Waals surface area contributed by atoms with E-state index in [-0.39, 0.29) is 5.56 Å². The van der Waals surface area contributed by atoms with E-state index >= 15 is 0 Å². The highest BCUT2D eigenvalue weighted by Gasteiger charge is 2.01. The monoisotopic (exact) mass is 181 g/mol. The minimum atomic E-state index is -0.161. The molecule has 0 amide bonds. The van der Waals surface area contributed by atoms with E-state index in [9.17, 15) is 4.79 Å². The van der Waals surface area contributed by atoms with Gasteiger partial charge in [0.2, 0.25) is 0 Å². The number of H-pyrrole nitrogens is 1. The van der Waals surface area contributed by atoms with Crippen LogP contribution in [0.2, 0.25) is 0 Å². The molecule has 0 spiro atoms. The molecule has 0 saturated heterocycles. The van der Waals surface area contributed by atoms with E-state index in [1.807, 2.05) is 0 Å². The van der Waals surface area contributed by atoms with Gasteiger partial charge in [-0.3, -0.25) is 4.79 Å². The van der Waals surface area contributed by atoms with Crippen molar-refractivity contribution in [2.45, 2.75) is 20.3 Å². The lowest BCUT2D eigenvalue weighted by molar-refractivity contribution is 0.592. The molecule has 0 fully saturated rings. The zero-order chi connectivity index (χ0) is 9.68. The van der Waals surface area contributed by atoms with Crippen LogP contribution in [0.5, 0.6) is 0 Å². The summed E-state index contributed by atoms with van der Waals surface area (Å²) in [6.07, 6.45) is 4.19. The Bertz CT molecular complexity index is 308. The van der Waals surface area contributed by atoms with Gasteiger partial charge in [-0.1, -0.05) is 20.3 Å². The first-order valence-electron chi connectivity index (χ1n) is 4.51. The number of aromatic nitrogens is 2. The van der Waals surface area contributed by atoms with Crippen LogP contribution in [0.3, 0.4) is 0 Å². The van der Waals surface area contributed by atoms with Gasteiger partial charge in [0.1, 0.15) is 0 Å². The molecule has 1 aromatic rings. The third-order valence-electron chi connectivity index (χ3n) is 2.02. The van der Waals surface area contributed by atoms with E-state index in [1.54, 1.807) is 6.20 Å². The fraction of sp³-hybridized carbons (Fsp3) is 0.556. The second-order valence-corrected chi connectivity index (χ2v) is 3.16. The first-order valence-corrected chi connectivity index (χ1v) is 4.51. The first-order chi connectivity index (χ1) is 6.24. The molecule has 1 aromatic heterocycles. The summed E-state index contributed by atoms with van der Waals surface area (Å²) >= 11 is 0. The smallest absolute Gasteiger partial charge is 0.290 e. The average Bonchev–Trinajstić information content (AvgIpc) is 2.16.